The number of nitro groups is 1. The lowest BCUT2D eigenvalue weighted by Gasteiger charge is -2.12. The first-order valence-corrected chi connectivity index (χ1v) is 9.65. The molecule has 1 heterocycles. The number of carbonyl (C=O) groups is 1. The molecule has 0 atom stereocenters. The molecule has 3 aromatic carbocycles. The number of amides is 1. The van der Waals surface area contributed by atoms with E-state index in [2.05, 4.69) is 15.5 Å². The lowest BCUT2D eigenvalue weighted by Crippen LogP contribution is -2.32. The Morgan fingerprint density at radius 3 is 2.50 bits per heavy atom. The number of benzene rings is 3. The summed E-state index contributed by atoms with van der Waals surface area (Å²) in [4.78, 5) is 40.9. The highest BCUT2D eigenvalue weighted by Gasteiger charge is 2.18. The molecule has 9 heteroatoms. The lowest BCUT2D eigenvalue weighted by molar-refractivity contribution is -0.385. The van der Waals surface area contributed by atoms with Gasteiger partial charge in [0.1, 0.15) is 0 Å². The zero-order valence-electron chi connectivity index (χ0n) is 16.7. The SMILES string of the molecule is O=C(N/N=C\c1ccccc1[N+](=O)[O-])c1nc2ccccc2c(=O)n1Cc1ccccc1. The van der Waals surface area contributed by atoms with Crippen molar-refractivity contribution in [1.82, 2.24) is 15.0 Å². The summed E-state index contributed by atoms with van der Waals surface area (Å²) in [5.74, 6) is -0.823. The second kappa shape index (κ2) is 9.00. The van der Waals surface area contributed by atoms with Gasteiger partial charge in [-0.05, 0) is 23.8 Å². The molecule has 0 saturated carbocycles. The zero-order chi connectivity index (χ0) is 22.5. The first-order chi connectivity index (χ1) is 15.5. The number of fused-ring (bicyclic) bond motifs is 1. The van der Waals surface area contributed by atoms with Crippen molar-refractivity contribution in [3.8, 4) is 0 Å². The predicted octanol–water partition coefficient (Wildman–Crippen LogP) is 3.12. The van der Waals surface area contributed by atoms with E-state index in [0.717, 1.165) is 5.56 Å². The summed E-state index contributed by atoms with van der Waals surface area (Å²) in [6.07, 6.45) is 1.18. The van der Waals surface area contributed by atoms with Gasteiger partial charge in [-0.15, -0.1) is 0 Å². The third-order valence-electron chi connectivity index (χ3n) is 4.75. The number of aromatic nitrogens is 2. The average Bonchev–Trinajstić information content (AvgIpc) is 2.81. The number of hydrogen-bond acceptors (Lipinski definition) is 6. The molecule has 0 aliphatic heterocycles. The monoisotopic (exact) mass is 427 g/mol. The highest BCUT2D eigenvalue weighted by atomic mass is 16.6. The van der Waals surface area contributed by atoms with E-state index in [9.17, 15) is 19.7 Å². The Kier molecular flexibility index (Phi) is 5.80. The van der Waals surface area contributed by atoms with E-state index in [4.69, 9.17) is 0 Å². The third kappa shape index (κ3) is 4.26. The van der Waals surface area contributed by atoms with E-state index in [1.807, 2.05) is 30.3 Å². The number of nitrogens with zero attached hydrogens (tertiary/aromatic N) is 4. The van der Waals surface area contributed by atoms with Gasteiger partial charge in [0.15, 0.2) is 0 Å². The molecule has 0 aliphatic rings. The summed E-state index contributed by atoms with van der Waals surface area (Å²) in [5, 5.41) is 15.4. The molecule has 0 radical (unpaired) electrons. The molecule has 0 unspecified atom stereocenters. The van der Waals surface area contributed by atoms with Gasteiger partial charge in [0.25, 0.3) is 11.2 Å². The summed E-state index contributed by atoms with van der Waals surface area (Å²) in [5.41, 5.74) is 3.25. The number of nitro benzene ring substituents is 1. The fourth-order valence-electron chi connectivity index (χ4n) is 3.23. The maximum absolute atomic E-state index is 13.1. The number of nitrogens with one attached hydrogen (secondary N) is 1. The van der Waals surface area contributed by atoms with Crippen molar-refractivity contribution >= 4 is 28.7 Å². The fourth-order valence-corrected chi connectivity index (χ4v) is 3.23. The fraction of sp³-hybridized carbons (Fsp3) is 0.0435. The minimum Gasteiger partial charge on any atom is -0.283 e. The number of carbonyl (C=O) groups excluding carboxylic acids is 1. The summed E-state index contributed by atoms with van der Waals surface area (Å²) < 4.78 is 1.29. The van der Waals surface area contributed by atoms with Gasteiger partial charge < -0.3 is 0 Å². The number of rotatable bonds is 6. The van der Waals surface area contributed by atoms with E-state index < -0.39 is 10.8 Å². The summed E-state index contributed by atoms with van der Waals surface area (Å²) >= 11 is 0. The van der Waals surface area contributed by atoms with Crippen LogP contribution in [-0.2, 0) is 6.54 Å². The molecule has 4 rings (SSSR count). The van der Waals surface area contributed by atoms with Gasteiger partial charge in [-0.2, -0.15) is 5.10 Å². The molecule has 0 fully saturated rings. The Bertz CT molecular complexity index is 1400. The Hall–Kier alpha value is -4.66. The van der Waals surface area contributed by atoms with Crippen molar-refractivity contribution in [2.45, 2.75) is 6.54 Å². The molecule has 0 aliphatic carbocycles. The number of para-hydroxylation sites is 2. The topological polar surface area (TPSA) is 119 Å². The molecule has 0 spiro atoms. The van der Waals surface area contributed by atoms with Crippen LogP contribution in [0.2, 0.25) is 0 Å². The zero-order valence-corrected chi connectivity index (χ0v) is 16.7. The second-order valence-electron chi connectivity index (χ2n) is 6.84. The van der Waals surface area contributed by atoms with Crippen molar-refractivity contribution in [2.24, 2.45) is 5.10 Å². The van der Waals surface area contributed by atoms with Crippen LogP contribution in [0.15, 0.2) is 88.8 Å². The molecule has 0 saturated heterocycles. The molecule has 1 aromatic heterocycles. The van der Waals surface area contributed by atoms with Crippen molar-refractivity contribution in [3.63, 3.8) is 0 Å². The molecule has 32 heavy (non-hydrogen) atoms. The summed E-state index contributed by atoms with van der Waals surface area (Å²) in [6, 6.07) is 22.0. The van der Waals surface area contributed by atoms with Crippen LogP contribution < -0.4 is 11.0 Å². The molecule has 9 nitrogen and oxygen atoms in total. The van der Waals surface area contributed by atoms with E-state index in [0.29, 0.717) is 10.9 Å². The molecular weight excluding hydrogens is 410 g/mol. The Labute approximate surface area is 181 Å². The van der Waals surface area contributed by atoms with Crippen LogP contribution in [0.25, 0.3) is 10.9 Å². The molecule has 1 N–H and O–H groups in total. The van der Waals surface area contributed by atoms with Gasteiger partial charge in [0.05, 0.1) is 34.1 Å². The van der Waals surface area contributed by atoms with Crippen LogP contribution >= 0.6 is 0 Å². The van der Waals surface area contributed by atoms with Crippen LogP contribution in [0.4, 0.5) is 5.69 Å². The standard InChI is InChI=1S/C23H17N5O4/c29-22(26-24-14-17-10-4-7-13-20(17)28(31)32)21-25-19-12-6-5-11-18(19)23(30)27(21)15-16-8-2-1-3-9-16/h1-14H,15H2,(H,26,29)/b24-14-. The van der Waals surface area contributed by atoms with Crippen molar-refractivity contribution in [1.29, 1.82) is 0 Å². The van der Waals surface area contributed by atoms with Gasteiger partial charge in [-0.25, -0.2) is 10.4 Å². The molecule has 158 valence electrons. The highest BCUT2D eigenvalue weighted by molar-refractivity contribution is 5.94. The van der Waals surface area contributed by atoms with Crippen LogP contribution in [-0.4, -0.2) is 26.6 Å². The van der Waals surface area contributed by atoms with Crippen molar-refractivity contribution in [3.05, 3.63) is 116 Å². The number of hydrazone groups is 1. The van der Waals surface area contributed by atoms with Crippen LogP contribution in [0.3, 0.4) is 0 Å². The van der Waals surface area contributed by atoms with E-state index in [1.165, 1.54) is 29.0 Å². The Morgan fingerprint density at radius 2 is 1.72 bits per heavy atom. The molecular formula is C23H17N5O4. The largest absolute Gasteiger partial charge is 0.307 e. The Balaban J connectivity index is 1.70. The third-order valence-corrected chi connectivity index (χ3v) is 4.75. The second-order valence-corrected chi connectivity index (χ2v) is 6.84. The van der Waals surface area contributed by atoms with Crippen LogP contribution in [0.1, 0.15) is 21.7 Å². The maximum atomic E-state index is 13.1. The smallest absolute Gasteiger partial charge is 0.283 e. The van der Waals surface area contributed by atoms with Crippen LogP contribution in [0.5, 0.6) is 0 Å². The summed E-state index contributed by atoms with van der Waals surface area (Å²) in [7, 11) is 0. The van der Waals surface area contributed by atoms with Gasteiger partial charge in [-0.1, -0.05) is 54.6 Å². The van der Waals surface area contributed by atoms with E-state index in [1.54, 1.807) is 30.3 Å². The minimum absolute atomic E-state index is 0.114. The predicted molar refractivity (Wildman–Crippen MR) is 120 cm³/mol. The minimum atomic E-state index is -0.710. The van der Waals surface area contributed by atoms with Gasteiger partial charge in [0.2, 0.25) is 5.82 Å². The summed E-state index contributed by atoms with van der Waals surface area (Å²) in [6.45, 7) is 0.147. The van der Waals surface area contributed by atoms with Crippen molar-refractivity contribution in [2.75, 3.05) is 0 Å². The highest BCUT2D eigenvalue weighted by Crippen LogP contribution is 2.15. The molecule has 1 amide bonds. The average molecular weight is 427 g/mol. The van der Waals surface area contributed by atoms with Gasteiger partial charge >= 0.3 is 5.91 Å². The maximum Gasteiger partial charge on any atom is 0.307 e. The normalized spacial score (nSPS) is 11.0. The molecule has 0 bridgehead atoms. The van der Waals surface area contributed by atoms with Gasteiger partial charge in [0, 0.05) is 6.07 Å². The van der Waals surface area contributed by atoms with E-state index >= 15 is 0 Å². The molecule has 4 aromatic rings. The van der Waals surface area contributed by atoms with Crippen LogP contribution in [0, 0.1) is 10.1 Å². The Morgan fingerprint density at radius 1 is 1.03 bits per heavy atom. The first kappa shape index (κ1) is 20.6. The number of hydrogen-bond donors (Lipinski definition) is 1. The quantitative estimate of drug-likeness (QED) is 0.288. The van der Waals surface area contributed by atoms with Gasteiger partial charge in [-0.3, -0.25) is 24.3 Å². The lowest BCUT2D eigenvalue weighted by atomic mass is 10.2. The van der Waals surface area contributed by atoms with Crippen molar-refractivity contribution < 1.29 is 9.72 Å². The van der Waals surface area contributed by atoms with E-state index in [-0.39, 0.29) is 29.2 Å². The first-order valence-electron chi connectivity index (χ1n) is 9.65.